The molecule has 0 amide bonds. The van der Waals surface area contributed by atoms with Gasteiger partial charge in [-0.15, -0.1) is 24.0 Å². The number of methoxy groups -OCH3 is 1. The molecule has 0 aromatic carbocycles. The van der Waals surface area contributed by atoms with E-state index in [4.69, 9.17) is 4.74 Å². The van der Waals surface area contributed by atoms with E-state index < -0.39 is 10.0 Å². The molecule has 9 heteroatoms. The quantitative estimate of drug-likeness (QED) is 0.333. The maximum absolute atomic E-state index is 11.5. The predicted octanol–water partition coefficient (Wildman–Crippen LogP) is 0.866. The molecule has 1 aliphatic heterocycles. The summed E-state index contributed by atoms with van der Waals surface area (Å²) in [7, 11) is -1.40. The van der Waals surface area contributed by atoms with Crippen LogP contribution in [0.5, 0.6) is 0 Å². The van der Waals surface area contributed by atoms with Crippen LogP contribution in [0.4, 0.5) is 0 Å². The first kappa shape index (κ1) is 22.9. The highest BCUT2D eigenvalue weighted by atomic mass is 127. The van der Waals surface area contributed by atoms with Crippen LogP contribution >= 0.6 is 24.0 Å². The zero-order valence-corrected chi connectivity index (χ0v) is 17.9. The van der Waals surface area contributed by atoms with Gasteiger partial charge in [-0.05, 0) is 33.1 Å². The molecule has 23 heavy (non-hydrogen) atoms. The molecule has 0 radical (unpaired) electrons. The number of nitrogens with one attached hydrogen (secondary N) is 2. The van der Waals surface area contributed by atoms with E-state index in [9.17, 15) is 8.42 Å². The van der Waals surface area contributed by atoms with Gasteiger partial charge in [0.2, 0.25) is 10.0 Å². The third-order valence-electron chi connectivity index (χ3n) is 3.79. The van der Waals surface area contributed by atoms with Crippen LogP contribution in [-0.4, -0.2) is 70.4 Å². The Kier molecular flexibility index (Phi) is 9.94. The first-order valence-corrected chi connectivity index (χ1v) is 9.55. The molecule has 0 spiro atoms. The van der Waals surface area contributed by atoms with Crippen molar-refractivity contribution in [1.82, 2.24) is 14.9 Å². The molecule has 1 unspecified atom stereocenters. The summed E-state index contributed by atoms with van der Waals surface area (Å²) in [5, 5.41) is 6.49. The lowest BCUT2D eigenvalue weighted by molar-refractivity contribution is 0.0310. The third-order valence-corrected chi connectivity index (χ3v) is 5.06. The number of hydrogen-bond donors (Lipinski definition) is 2. The molecule has 2 N–H and O–H groups in total. The Balaban J connectivity index is 0.00000484. The lowest BCUT2D eigenvalue weighted by atomic mass is 10.1. The summed E-state index contributed by atoms with van der Waals surface area (Å²) in [6, 6.07) is 0. The minimum Gasteiger partial charge on any atom is -0.377 e. The molecular formula is C14H31IN4O3S. The van der Waals surface area contributed by atoms with Gasteiger partial charge >= 0.3 is 0 Å². The van der Waals surface area contributed by atoms with Crippen molar-refractivity contribution in [3.8, 4) is 0 Å². The maximum Gasteiger partial charge on any atom is 0.211 e. The Morgan fingerprint density at radius 3 is 2.52 bits per heavy atom. The summed E-state index contributed by atoms with van der Waals surface area (Å²) in [6.45, 7) is 9.22. The van der Waals surface area contributed by atoms with Crippen LogP contribution in [0.1, 0.15) is 27.2 Å². The lowest BCUT2D eigenvalue weighted by Gasteiger charge is -2.22. The van der Waals surface area contributed by atoms with Crippen LogP contribution in [0.2, 0.25) is 0 Å². The van der Waals surface area contributed by atoms with Crippen LogP contribution in [0, 0.1) is 5.92 Å². The van der Waals surface area contributed by atoms with Crippen LogP contribution in [0.25, 0.3) is 0 Å². The fourth-order valence-corrected chi connectivity index (χ4v) is 3.10. The molecule has 0 aromatic heterocycles. The van der Waals surface area contributed by atoms with Gasteiger partial charge in [-0.2, -0.15) is 0 Å². The van der Waals surface area contributed by atoms with Gasteiger partial charge < -0.3 is 15.4 Å². The molecule has 0 aromatic rings. The Morgan fingerprint density at radius 1 is 1.39 bits per heavy atom. The number of halogens is 1. The topological polar surface area (TPSA) is 83.0 Å². The van der Waals surface area contributed by atoms with Crippen molar-refractivity contribution in [3.63, 3.8) is 0 Å². The number of sulfonamides is 1. The van der Waals surface area contributed by atoms with Gasteiger partial charge in [0.15, 0.2) is 5.96 Å². The van der Waals surface area contributed by atoms with E-state index in [-0.39, 0.29) is 29.6 Å². The third kappa shape index (κ3) is 8.50. The molecule has 1 aliphatic rings. The van der Waals surface area contributed by atoms with Crippen LogP contribution < -0.4 is 10.6 Å². The second-order valence-electron chi connectivity index (χ2n) is 6.32. The molecule has 1 rings (SSSR count). The summed E-state index contributed by atoms with van der Waals surface area (Å²) < 4.78 is 29.9. The molecule has 0 aliphatic carbocycles. The number of guanidine groups is 1. The summed E-state index contributed by atoms with van der Waals surface area (Å²) in [5.74, 6) is 1.06. The Morgan fingerprint density at radius 2 is 2.04 bits per heavy atom. The van der Waals surface area contributed by atoms with E-state index in [0.717, 1.165) is 18.9 Å². The highest BCUT2D eigenvalue weighted by molar-refractivity contribution is 14.0. The van der Waals surface area contributed by atoms with Crippen molar-refractivity contribution < 1.29 is 13.2 Å². The van der Waals surface area contributed by atoms with Gasteiger partial charge in [-0.3, -0.25) is 4.99 Å². The van der Waals surface area contributed by atoms with Crippen LogP contribution in [0.15, 0.2) is 4.99 Å². The molecule has 0 saturated carbocycles. The molecule has 1 atom stereocenters. The zero-order valence-electron chi connectivity index (χ0n) is 14.8. The smallest absolute Gasteiger partial charge is 0.211 e. The van der Waals surface area contributed by atoms with Crippen LogP contribution in [-0.2, 0) is 14.8 Å². The fourth-order valence-electron chi connectivity index (χ4n) is 2.18. The Labute approximate surface area is 157 Å². The molecule has 1 heterocycles. The summed E-state index contributed by atoms with van der Waals surface area (Å²) in [4.78, 5) is 4.52. The minimum atomic E-state index is -3.07. The SMILES string of the molecule is CCNC(=NCC(C)(C)OC)NCC1CCN(S(C)(=O)=O)C1.I. The van der Waals surface area contributed by atoms with Gasteiger partial charge in [0.05, 0.1) is 18.4 Å². The molecule has 7 nitrogen and oxygen atoms in total. The average Bonchev–Trinajstić information content (AvgIpc) is 2.91. The van der Waals surface area contributed by atoms with Gasteiger partial charge in [-0.25, -0.2) is 12.7 Å². The Bertz CT molecular complexity index is 482. The van der Waals surface area contributed by atoms with Crippen molar-refractivity contribution in [2.75, 3.05) is 46.1 Å². The molecule has 1 fully saturated rings. The minimum absolute atomic E-state index is 0. The predicted molar refractivity (Wildman–Crippen MR) is 105 cm³/mol. The molecule has 138 valence electrons. The number of ether oxygens (including phenoxy) is 1. The summed E-state index contributed by atoms with van der Waals surface area (Å²) in [5.41, 5.74) is -0.303. The van der Waals surface area contributed by atoms with Crippen molar-refractivity contribution in [1.29, 1.82) is 0 Å². The van der Waals surface area contributed by atoms with Gasteiger partial charge in [0, 0.05) is 33.3 Å². The fraction of sp³-hybridized carbons (Fsp3) is 0.929. The van der Waals surface area contributed by atoms with Crippen molar-refractivity contribution in [2.24, 2.45) is 10.9 Å². The van der Waals surface area contributed by atoms with Crippen molar-refractivity contribution >= 4 is 40.0 Å². The highest BCUT2D eigenvalue weighted by Crippen LogP contribution is 2.17. The number of aliphatic imine (C=N–C) groups is 1. The first-order chi connectivity index (χ1) is 10.2. The van der Waals surface area contributed by atoms with Crippen molar-refractivity contribution in [2.45, 2.75) is 32.8 Å². The van der Waals surface area contributed by atoms with Crippen LogP contribution in [0.3, 0.4) is 0 Å². The van der Waals surface area contributed by atoms with E-state index in [1.807, 2.05) is 20.8 Å². The average molecular weight is 462 g/mol. The second-order valence-corrected chi connectivity index (χ2v) is 8.30. The second kappa shape index (κ2) is 10.00. The van der Waals surface area contributed by atoms with E-state index in [1.165, 1.54) is 10.6 Å². The number of hydrogen-bond acceptors (Lipinski definition) is 4. The molecule has 1 saturated heterocycles. The lowest BCUT2D eigenvalue weighted by Crippen LogP contribution is -2.41. The largest absolute Gasteiger partial charge is 0.377 e. The van der Waals surface area contributed by atoms with Crippen molar-refractivity contribution in [3.05, 3.63) is 0 Å². The zero-order chi connectivity index (χ0) is 16.8. The monoisotopic (exact) mass is 462 g/mol. The first-order valence-electron chi connectivity index (χ1n) is 7.70. The van der Waals surface area contributed by atoms with E-state index in [2.05, 4.69) is 15.6 Å². The standard InChI is InChI=1S/C14H30N4O3S.HI/c1-6-15-13(17-11-14(2,3)21-4)16-9-12-7-8-18(10-12)22(5,19)20;/h12H,6-11H2,1-5H3,(H2,15,16,17);1H. The normalized spacial score (nSPS) is 20.2. The van der Waals surface area contributed by atoms with E-state index >= 15 is 0 Å². The van der Waals surface area contributed by atoms with Gasteiger partial charge in [0.1, 0.15) is 0 Å². The summed E-state index contributed by atoms with van der Waals surface area (Å²) >= 11 is 0. The van der Waals surface area contributed by atoms with E-state index in [1.54, 1.807) is 7.11 Å². The molecular weight excluding hydrogens is 431 g/mol. The summed E-state index contributed by atoms with van der Waals surface area (Å²) in [6.07, 6.45) is 2.14. The van der Waals surface area contributed by atoms with E-state index in [0.29, 0.717) is 32.1 Å². The molecule has 0 bridgehead atoms. The number of rotatable bonds is 7. The highest BCUT2D eigenvalue weighted by Gasteiger charge is 2.28. The van der Waals surface area contributed by atoms with Gasteiger partial charge in [-0.1, -0.05) is 0 Å². The Hall–Kier alpha value is -0.130. The van der Waals surface area contributed by atoms with Gasteiger partial charge in [0.25, 0.3) is 0 Å². The number of nitrogens with zero attached hydrogens (tertiary/aromatic N) is 2. The maximum atomic E-state index is 11.5.